The molecule has 0 radical (unpaired) electrons. The molecule has 1 atom stereocenters. The number of anilines is 1. The summed E-state index contributed by atoms with van der Waals surface area (Å²) in [7, 11) is 0. The Hall–Kier alpha value is -1.83. The molecule has 1 amide bonds. The quantitative estimate of drug-likeness (QED) is 0.811. The van der Waals surface area contributed by atoms with Gasteiger partial charge in [0.25, 0.3) is 0 Å². The highest BCUT2D eigenvalue weighted by molar-refractivity contribution is 5.92. The summed E-state index contributed by atoms with van der Waals surface area (Å²) < 4.78 is 40.4. The molecular formula is C13H18F3N3O2. The first-order valence-electron chi connectivity index (χ1n) is 6.49. The van der Waals surface area contributed by atoms with Gasteiger partial charge in [0.15, 0.2) is 6.61 Å². The molecule has 1 rings (SSSR count). The van der Waals surface area contributed by atoms with Crippen molar-refractivity contribution in [2.75, 3.05) is 25.0 Å². The molecule has 0 spiro atoms. The first-order valence-corrected chi connectivity index (χ1v) is 6.49. The van der Waals surface area contributed by atoms with E-state index in [1.54, 1.807) is 6.92 Å². The maximum absolute atomic E-state index is 12.0. The minimum atomic E-state index is -4.41. The molecule has 8 heteroatoms. The fourth-order valence-corrected chi connectivity index (χ4v) is 1.41. The summed E-state index contributed by atoms with van der Waals surface area (Å²) in [5.74, 6) is -0.571. The lowest BCUT2D eigenvalue weighted by Gasteiger charge is -2.12. The molecule has 1 aromatic rings. The Labute approximate surface area is 120 Å². The predicted molar refractivity (Wildman–Crippen MR) is 72.1 cm³/mol. The van der Waals surface area contributed by atoms with Crippen LogP contribution in [0.15, 0.2) is 18.3 Å². The SMILES string of the molecule is CCNCC(C)C(=O)Nc1ccc(OCC(F)(F)F)nc1. The number of hydrogen-bond donors (Lipinski definition) is 2. The predicted octanol–water partition coefficient (Wildman–Crippen LogP) is 2.21. The topological polar surface area (TPSA) is 63.2 Å². The number of halogens is 3. The molecule has 0 saturated carbocycles. The van der Waals surface area contributed by atoms with E-state index in [-0.39, 0.29) is 17.7 Å². The molecule has 2 N–H and O–H groups in total. The Morgan fingerprint density at radius 2 is 2.14 bits per heavy atom. The van der Waals surface area contributed by atoms with E-state index in [0.717, 1.165) is 6.54 Å². The zero-order valence-corrected chi connectivity index (χ0v) is 11.8. The second kappa shape index (κ2) is 7.82. The first-order chi connectivity index (χ1) is 9.81. The number of carbonyl (C=O) groups excluding carboxylic acids is 1. The molecule has 0 aliphatic heterocycles. The van der Waals surface area contributed by atoms with E-state index in [4.69, 9.17) is 0 Å². The molecule has 1 aromatic heterocycles. The Morgan fingerprint density at radius 3 is 2.67 bits per heavy atom. The van der Waals surface area contributed by atoms with Gasteiger partial charge in [0, 0.05) is 18.5 Å². The van der Waals surface area contributed by atoms with E-state index in [9.17, 15) is 18.0 Å². The molecule has 0 aliphatic carbocycles. The zero-order valence-electron chi connectivity index (χ0n) is 11.8. The van der Waals surface area contributed by atoms with Crippen LogP contribution in [0.25, 0.3) is 0 Å². The van der Waals surface area contributed by atoms with Crippen molar-refractivity contribution in [3.63, 3.8) is 0 Å². The van der Waals surface area contributed by atoms with Gasteiger partial charge in [-0.3, -0.25) is 4.79 Å². The number of aromatic nitrogens is 1. The smallest absolute Gasteiger partial charge is 0.422 e. The van der Waals surface area contributed by atoms with Gasteiger partial charge in [0.2, 0.25) is 11.8 Å². The van der Waals surface area contributed by atoms with Gasteiger partial charge in [-0.05, 0) is 12.6 Å². The van der Waals surface area contributed by atoms with Gasteiger partial charge in [-0.2, -0.15) is 13.2 Å². The molecule has 5 nitrogen and oxygen atoms in total. The Morgan fingerprint density at radius 1 is 1.43 bits per heavy atom. The van der Waals surface area contributed by atoms with Gasteiger partial charge in [0.05, 0.1) is 11.9 Å². The van der Waals surface area contributed by atoms with Crippen LogP contribution in [0.5, 0.6) is 5.88 Å². The number of amides is 1. The van der Waals surface area contributed by atoms with Crippen LogP contribution in [-0.4, -0.2) is 36.8 Å². The van der Waals surface area contributed by atoms with Crippen LogP contribution in [0, 0.1) is 5.92 Å². The molecule has 21 heavy (non-hydrogen) atoms. The van der Waals surface area contributed by atoms with Gasteiger partial charge >= 0.3 is 6.18 Å². The van der Waals surface area contributed by atoms with Crippen molar-refractivity contribution in [3.8, 4) is 5.88 Å². The number of pyridine rings is 1. The monoisotopic (exact) mass is 305 g/mol. The van der Waals surface area contributed by atoms with Crippen LogP contribution in [0.1, 0.15) is 13.8 Å². The van der Waals surface area contributed by atoms with Crippen molar-refractivity contribution in [1.29, 1.82) is 0 Å². The van der Waals surface area contributed by atoms with Crippen LogP contribution >= 0.6 is 0 Å². The number of nitrogens with zero attached hydrogens (tertiary/aromatic N) is 1. The van der Waals surface area contributed by atoms with E-state index in [1.165, 1.54) is 18.3 Å². The average molecular weight is 305 g/mol. The van der Waals surface area contributed by atoms with Crippen molar-refractivity contribution in [2.45, 2.75) is 20.0 Å². The molecule has 0 aromatic carbocycles. The second-order valence-electron chi connectivity index (χ2n) is 4.49. The fourth-order valence-electron chi connectivity index (χ4n) is 1.41. The number of alkyl halides is 3. The molecule has 1 heterocycles. The minimum Gasteiger partial charge on any atom is -0.468 e. The highest BCUT2D eigenvalue weighted by Gasteiger charge is 2.28. The normalized spacial score (nSPS) is 12.8. The van der Waals surface area contributed by atoms with Crippen molar-refractivity contribution < 1.29 is 22.7 Å². The van der Waals surface area contributed by atoms with Gasteiger partial charge in [-0.15, -0.1) is 0 Å². The molecule has 0 bridgehead atoms. The highest BCUT2D eigenvalue weighted by atomic mass is 19.4. The van der Waals surface area contributed by atoms with Crippen LogP contribution in [0.3, 0.4) is 0 Å². The molecule has 0 saturated heterocycles. The number of ether oxygens (including phenoxy) is 1. The fraction of sp³-hybridized carbons (Fsp3) is 0.538. The van der Waals surface area contributed by atoms with Gasteiger partial charge in [-0.1, -0.05) is 13.8 Å². The van der Waals surface area contributed by atoms with E-state index < -0.39 is 12.8 Å². The first kappa shape index (κ1) is 17.2. The van der Waals surface area contributed by atoms with Gasteiger partial charge in [0.1, 0.15) is 0 Å². The average Bonchev–Trinajstić information content (AvgIpc) is 2.43. The lowest BCUT2D eigenvalue weighted by atomic mass is 10.1. The summed E-state index contributed by atoms with van der Waals surface area (Å²) in [4.78, 5) is 15.5. The van der Waals surface area contributed by atoms with Gasteiger partial charge in [-0.25, -0.2) is 4.98 Å². The molecule has 1 unspecified atom stereocenters. The highest BCUT2D eigenvalue weighted by Crippen LogP contribution is 2.18. The van der Waals surface area contributed by atoms with Crippen LogP contribution in [0.4, 0.5) is 18.9 Å². The minimum absolute atomic E-state index is 0.147. The van der Waals surface area contributed by atoms with Crippen LogP contribution < -0.4 is 15.4 Å². The summed E-state index contributed by atoms with van der Waals surface area (Å²) in [5.41, 5.74) is 0.405. The van der Waals surface area contributed by atoms with E-state index in [0.29, 0.717) is 12.2 Å². The Bertz CT molecular complexity index is 449. The van der Waals surface area contributed by atoms with E-state index in [1.807, 2.05) is 6.92 Å². The van der Waals surface area contributed by atoms with Crippen molar-refractivity contribution in [2.24, 2.45) is 5.92 Å². The zero-order chi connectivity index (χ0) is 15.9. The summed E-state index contributed by atoms with van der Waals surface area (Å²) in [6, 6.07) is 2.72. The number of carbonyl (C=O) groups is 1. The summed E-state index contributed by atoms with van der Waals surface area (Å²) >= 11 is 0. The van der Waals surface area contributed by atoms with Gasteiger partial charge < -0.3 is 15.4 Å². The summed E-state index contributed by atoms with van der Waals surface area (Å²) in [5, 5.41) is 5.68. The maximum Gasteiger partial charge on any atom is 0.422 e. The number of nitrogens with one attached hydrogen (secondary N) is 2. The molecule has 0 aliphatic rings. The van der Waals surface area contributed by atoms with Crippen LogP contribution in [-0.2, 0) is 4.79 Å². The molecule has 118 valence electrons. The van der Waals surface area contributed by atoms with Crippen molar-refractivity contribution in [3.05, 3.63) is 18.3 Å². The number of hydrogen-bond acceptors (Lipinski definition) is 4. The lowest BCUT2D eigenvalue weighted by molar-refractivity contribution is -0.154. The molecular weight excluding hydrogens is 287 g/mol. The van der Waals surface area contributed by atoms with Crippen molar-refractivity contribution in [1.82, 2.24) is 10.3 Å². The lowest BCUT2D eigenvalue weighted by Crippen LogP contribution is -2.30. The van der Waals surface area contributed by atoms with Crippen molar-refractivity contribution >= 4 is 11.6 Å². The molecule has 0 fully saturated rings. The number of rotatable bonds is 7. The third kappa shape index (κ3) is 6.94. The van der Waals surface area contributed by atoms with E-state index >= 15 is 0 Å². The van der Waals surface area contributed by atoms with Crippen LogP contribution in [0.2, 0.25) is 0 Å². The Kier molecular flexibility index (Phi) is 6.41. The van der Waals surface area contributed by atoms with E-state index in [2.05, 4.69) is 20.4 Å². The standard InChI is InChI=1S/C13H18F3N3O2/c1-3-17-6-9(2)12(20)19-10-4-5-11(18-7-10)21-8-13(14,15)16/h4-5,7,9,17H,3,6,8H2,1-2H3,(H,19,20). The second-order valence-corrected chi connectivity index (χ2v) is 4.49. The Balaban J connectivity index is 2.49. The summed E-state index contributed by atoms with van der Waals surface area (Å²) in [6.07, 6.45) is -3.15. The largest absolute Gasteiger partial charge is 0.468 e. The maximum atomic E-state index is 12.0. The summed E-state index contributed by atoms with van der Waals surface area (Å²) in [6.45, 7) is 3.62. The third-order valence-corrected chi connectivity index (χ3v) is 2.54. The third-order valence-electron chi connectivity index (χ3n) is 2.54.